The predicted molar refractivity (Wildman–Crippen MR) is 174 cm³/mol. The zero-order chi connectivity index (χ0) is 32.1. The van der Waals surface area contributed by atoms with E-state index in [4.69, 9.17) is 29.3 Å². The minimum absolute atomic E-state index is 0.0668. The van der Waals surface area contributed by atoms with Gasteiger partial charge in [-0.05, 0) is 41.2 Å². The summed E-state index contributed by atoms with van der Waals surface area (Å²) in [5, 5.41) is 8.71. The van der Waals surface area contributed by atoms with Gasteiger partial charge in [-0.3, -0.25) is 4.79 Å². The van der Waals surface area contributed by atoms with Crippen LogP contribution in [0, 0.1) is 5.82 Å². The first kappa shape index (κ1) is 33.2. The molecule has 0 saturated carbocycles. The maximum atomic E-state index is 14.5. The van der Waals surface area contributed by atoms with Crippen molar-refractivity contribution in [3.8, 4) is 0 Å². The topological polar surface area (TPSA) is 96.7 Å². The highest BCUT2D eigenvalue weighted by molar-refractivity contribution is 6.84. The van der Waals surface area contributed by atoms with Crippen molar-refractivity contribution in [2.45, 2.75) is 109 Å². The van der Waals surface area contributed by atoms with Crippen molar-refractivity contribution >= 4 is 51.2 Å². The van der Waals surface area contributed by atoms with Crippen molar-refractivity contribution in [1.82, 2.24) is 14.8 Å². The Kier molecular flexibility index (Phi) is 9.45. The molecule has 2 aliphatic rings. The van der Waals surface area contributed by atoms with Crippen LogP contribution in [0.5, 0.6) is 0 Å². The lowest BCUT2D eigenvalue weighted by molar-refractivity contribution is -0.130. The third kappa shape index (κ3) is 5.67. The van der Waals surface area contributed by atoms with E-state index in [-0.39, 0.29) is 51.6 Å². The van der Waals surface area contributed by atoms with Crippen molar-refractivity contribution in [3.63, 3.8) is 0 Å². The summed E-state index contributed by atoms with van der Waals surface area (Å²) in [6, 6.07) is 7.89. The van der Waals surface area contributed by atoms with Gasteiger partial charge in [0.05, 0.1) is 29.9 Å². The molecule has 0 radical (unpaired) electrons. The van der Waals surface area contributed by atoms with Crippen molar-refractivity contribution < 1.29 is 26.9 Å². The Morgan fingerprint density at radius 1 is 1.00 bits per heavy atom. The summed E-state index contributed by atoms with van der Waals surface area (Å²) in [5.41, 5.74) is 1.96. The number of ether oxygens (including phenoxy) is 1. The number of Topliss-reactive ketones (excluding diaryl/α,β-unsaturated/α-hetero) is 1. The van der Waals surface area contributed by atoms with E-state index >= 15 is 0 Å². The number of hydrogen-bond acceptors (Lipinski definition) is 8. The number of rotatable bonds is 8. The van der Waals surface area contributed by atoms with Gasteiger partial charge in [0, 0.05) is 5.56 Å². The Morgan fingerprint density at radius 2 is 1.64 bits per heavy atom. The second kappa shape index (κ2) is 12.5. The molecule has 2 aromatic heterocycles. The van der Waals surface area contributed by atoms with Crippen LogP contribution in [0.4, 0.5) is 10.1 Å². The molecule has 4 atom stereocenters. The van der Waals surface area contributed by atoms with Crippen molar-refractivity contribution in [2.75, 3.05) is 11.9 Å². The van der Waals surface area contributed by atoms with Gasteiger partial charge in [-0.2, -0.15) is 5.10 Å². The van der Waals surface area contributed by atoms with Crippen LogP contribution in [-0.2, 0) is 22.5 Å². The Morgan fingerprint density at radius 3 is 2.25 bits per heavy atom. The maximum absolute atomic E-state index is 14.5. The van der Waals surface area contributed by atoms with Crippen molar-refractivity contribution in [3.05, 3.63) is 53.1 Å². The number of fused-ring (bicyclic) bond motifs is 2. The van der Waals surface area contributed by atoms with Crippen LogP contribution < -0.4 is 5.32 Å². The molecule has 240 valence electrons. The van der Waals surface area contributed by atoms with Gasteiger partial charge in [0.25, 0.3) is 0 Å². The quantitative estimate of drug-likeness (QED) is 0.193. The fraction of sp³-hybridized carbons (Fsp3) is 0.581. The molecule has 44 heavy (non-hydrogen) atoms. The van der Waals surface area contributed by atoms with Gasteiger partial charge in [-0.25, -0.2) is 14.1 Å². The minimum atomic E-state index is -3.02. The summed E-state index contributed by atoms with van der Waals surface area (Å²) in [4.78, 5) is 18.7. The molecule has 9 nitrogen and oxygen atoms in total. The summed E-state index contributed by atoms with van der Waals surface area (Å²) < 4.78 is 43.4. The Labute approximate surface area is 266 Å². The lowest BCUT2D eigenvalue weighted by Gasteiger charge is -2.50. The van der Waals surface area contributed by atoms with Gasteiger partial charge >= 0.3 is 17.1 Å². The summed E-state index contributed by atoms with van der Waals surface area (Å²) in [7, 11) is -5.82. The maximum Gasteiger partial charge on any atom is 0.335 e. The standard InChI is InChI=1S/C31H44ClFN4O5Si2/c1-17(2)43(18(3)4)39-16-26-29(41-44(42-43,19(5)6)20(7)8)28(38)31(40-26)37-30-23(15-34-37)25(14-27(32)36-30)35-21(9)22-12-10-11-13-24(22)33/h10-15,17-21,26,29,31H,16H2,1-9H3,(H,35,36)/t21?,26-,29?,31-/m1/s1. The van der Waals surface area contributed by atoms with E-state index in [2.05, 4.69) is 70.8 Å². The van der Waals surface area contributed by atoms with Gasteiger partial charge in [-0.1, -0.05) is 85.2 Å². The summed E-state index contributed by atoms with van der Waals surface area (Å²) >= 11 is 6.48. The zero-order valence-corrected chi connectivity index (χ0v) is 29.7. The predicted octanol–water partition coefficient (Wildman–Crippen LogP) is 7.82. The van der Waals surface area contributed by atoms with E-state index in [9.17, 15) is 9.18 Å². The molecule has 2 unspecified atom stereocenters. The Bertz CT molecular complexity index is 1500. The first-order valence-electron chi connectivity index (χ1n) is 15.5. The van der Waals surface area contributed by atoms with E-state index in [0.717, 1.165) is 0 Å². The van der Waals surface area contributed by atoms with Gasteiger partial charge < -0.3 is 23.0 Å². The number of nitrogens with one attached hydrogen (secondary N) is 1. The van der Waals surface area contributed by atoms with Crippen LogP contribution in [-0.4, -0.2) is 56.5 Å². The fourth-order valence-electron chi connectivity index (χ4n) is 6.61. The molecule has 4 heterocycles. The fourth-order valence-corrected chi connectivity index (χ4v) is 18.0. The Hall–Kier alpha value is -2.20. The number of carbonyl (C=O) groups is 1. The van der Waals surface area contributed by atoms with Crippen LogP contribution in [0.25, 0.3) is 11.0 Å². The molecule has 3 aromatic rings. The number of anilines is 1. The average Bonchev–Trinajstić information content (AvgIpc) is 3.48. The average molecular weight is 663 g/mol. The smallest absolute Gasteiger partial charge is 0.335 e. The second-order valence-corrected chi connectivity index (χ2v) is 22.4. The summed E-state index contributed by atoms with van der Waals surface area (Å²) in [6.45, 7) is 19.1. The molecule has 2 fully saturated rings. The Balaban J connectivity index is 1.52. The normalized spacial score (nSPS) is 24.2. The molecule has 0 amide bonds. The number of ketones is 1. The minimum Gasteiger partial charge on any atom is -0.414 e. The van der Waals surface area contributed by atoms with Crippen LogP contribution in [0.1, 0.15) is 80.1 Å². The van der Waals surface area contributed by atoms with Gasteiger partial charge in [-0.15, -0.1) is 0 Å². The SMILES string of the molecule is CC(Nc1cc(Cl)nc2c1cnn2[C@@H]1O[C@@H]2CO[Si](C(C)C)(C(C)C)O[Si](C(C)C)(C(C)C)OC2C1=O)c1ccccc1F. The molecule has 0 spiro atoms. The number of hydrogen-bond donors (Lipinski definition) is 1. The zero-order valence-electron chi connectivity index (χ0n) is 26.9. The number of nitrogens with zero attached hydrogens (tertiary/aromatic N) is 3. The van der Waals surface area contributed by atoms with Crippen LogP contribution in [0.2, 0.25) is 27.3 Å². The molecule has 2 aliphatic heterocycles. The van der Waals surface area contributed by atoms with E-state index in [1.165, 1.54) is 10.7 Å². The summed E-state index contributed by atoms with van der Waals surface area (Å²) in [6.07, 6.45) is -0.988. The number of halogens is 2. The lowest BCUT2D eigenvalue weighted by Crippen LogP contribution is -2.65. The highest BCUT2D eigenvalue weighted by Crippen LogP contribution is 2.48. The number of benzene rings is 1. The number of aromatic nitrogens is 3. The molecule has 1 N–H and O–H groups in total. The molecular formula is C31H44ClFN4O5Si2. The largest absolute Gasteiger partial charge is 0.414 e. The molecule has 5 rings (SSSR count). The first-order chi connectivity index (χ1) is 20.7. The van der Waals surface area contributed by atoms with E-state index in [1.54, 1.807) is 30.5 Å². The third-order valence-electron chi connectivity index (χ3n) is 8.99. The van der Waals surface area contributed by atoms with Gasteiger partial charge in [0.15, 0.2) is 5.65 Å². The highest BCUT2D eigenvalue weighted by Gasteiger charge is 2.62. The van der Waals surface area contributed by atoms with E-state index in [0.29, 0.717) is 22.3 Å². The second-order valence-electron chi connectivity index (χ2n) is 13.1. The van der Waals surface area contributed by atoms with E-state index < -0.39 is 35.6 Å². The van der Waals surface area contributed by atoms with Gasteiger partial charge in [0.2, 0.25) is 12.0 Å². The highest BCUT2D eigenvalue weighted by atomic mass is 35.5. The molecule has 0 bridgehead atoms. The summed E-state index contributed by atoms with van der Waals surface area (Å²) in [5.74, 6) is -0.570. The molecule has 2 saturated heterocycles. The molecular weight excluding hydrogens is 619 g/mol. The van der Waals surface area contributed by atoms with E-state index in [1.807, 2.05) is 6.92 Å². The van der Waals surface area contributed by atoms with Gasteiger partial charge in [0.1, 0.15) is 23.2 Å². The van der Waals surface area contributed by atoms with Crippen LogP contribution in [0.3, 0.4) is 0 Å². The van der Waals surface area contributed by atoms with Crippen molar-refractivity contribution in [1.29, 1.82) is 0 Å². The van der Waals surface area contributed by atoms with Crippen LogP contribution in [0.15, 0.2) is 36.5 Å². The first-order valence-corrected chi connectivity index (χ1v) is 19.8. The number of carbonyl (C=O) groups excluding carboxylic acids is 1. The number of pyridine rings is 1. The van der Waals surface area contributed by atoms with Crippen molar-refractivity contribution in [2.24, 2.45) is 0 Å². The van der Waals surface area contributed by atoms with Crippen LogP contribution >= 0.6 is 11.6 Å². The lowest BCUT2D eigenvalue weighted by atomic mass is 10.1. The third-order valence-corrected chi connectivity index (χ3v) is 19.4. The monoisotopic (exact) mass is 662 g/mol. The molecule has 0 aliphatic carbocycles. The molecule has 1 aromatic carbocycles. The molecule has 13 heteroatoms.